The highest BCUT2D eigenvalue weighted by atomic mass is 19.1. The molecule has 2 aliphatic rings. The molecule has 5 nitrogen and oxygen atoms in total. The van der Waals surface area contributed by atoms with E-state index in [9.17, 15) is 14.3 Å². The van der Waals surface area contributed by atoms with Crippen LogP contribution in [0.15, 0.2) is 65.7 Å². The minimum Gasteiger partial charge on any atom is -0.507 e. The number of aromatic hydroxyl groups is 1. The van der Waals surface area contributed by atoms with Gasteiger partial charge in [-0.3, -0.25) is 9.79 Å². The molecule has 4 rings (SSSR count). The van der Waals surface area contributed by atoms with Crippen molar-refractivity contribution in [2.45, 2.75) is 52.1 Å². The molecular weight excluding hydrogens is 443 g/mol. The Balaban J connectivity index is 1.34. The Labute approximate surface area is 206 Å². The molecule has 2 unspecified atom stereocenters. The average molecular weight is 477 g/mol. The van der Waals surface area contributed by atoms with Crippen LogP contribution in [0.2, 0.25) is 0 Å². The van der Waals surface area contributed by atoms with Gasteiger partial charge in [-0.15, -0.1) is 0 Å². The van der Waals surface area contributed by atoms with Gasteiger partial charge in [-0.2, -0.15) is 0 Å². The van der Waals surface area contributed by atoms with E-state index in [0.29, 0.717) is 29.9 Å². The zero-order chi connectivity index (χ0) is 24.9. The first kappa shape index (κ1) is 24.7. The van der Waals surface area contributed by atoms with Crippen molar-refractivity contribution >= 4 is 11.6 Å². The number of ether oxygens (including phenoxy) is 1. The largest absolute Gasteiger partial charge is 0.507 e. The number of hydrogen-bond donors (Lipinski definition) is 1. The van der Waals surface area contributed by atoms with Crippen LogP contribution in [0, 0.1) is 18.7 Å². The zero-order valence-corrected chi connectivity index (χ0v) is 20.6. The summed E-state index contributed by atoms with van der Waals surface area (Å²) in [6.07, 6.45) is 10.4. The highest BCUT2D eigenvalue weighted by Gasteiger charge is 2.34. The van der Waals surface area contributed by atoms with Crippen LogP contribution in [0.3, 0.4) is 0 Å². The fourth-order valence-corrected chi connectivity index (χ4v) is 4.55. The number of carbonyl (C=O) groups excluding carboxylic acids is 1. The minimum absolute atomic E-state index is 0.00792. The lowest BCUT2D eigenvalue weighted by atomic mass is 9.98. The molecule has 0 aromatic heterocycles. The molecule has 0 saturated heterocycles. The first-order valence-electron chi connectivity index (χ1n) is 12.3. The number of amidine groups is 1. The molecule has 2 aromatic rings. The molecule has 6 heteroatoms. The highest BCUT2D eigenvalue weighted by molar-refractivity contribution is 6.01. The number of halogens is 1. The van der Waals surface area contributed by atoms with Gasteiger partial charge in [-0.05, 0) is 62.1 Å². The van der Waals surface area contributed by atoms with Crippen LogP contribution in [0.5, 0.6) is 11.5 Å². The fourth-order valence-electron chi connectivity index (χ4n) is 4.55. The van der Waals surface area contributed by atoms with E-state index in [4.69, 9.17) is 9.73 Å². The Morgan fingerprint density at radius 1 is 1.11 bits per heavy atom. The fraction of sp³-hybridized carbons (Fsp3) is 0.379. The lowest BCUT2D eigenvalue weighted by molar-refractivity contribution is 0.0965. The Morgan fingerprint density at radius 3 is 2.60 bits per heavy atom. The number of fused-ring (bicyclic) bond motifs is 1. The Bertz CT molecular complexity index is 1150. The van der Waals surface area contributed by atoms with Crippen molar-refractivity contribution in [3.8, 4) is 11.5 Å². The summed E-state index contributed by atoms with van der Waals surface area (Å²) in [7, 11) is 0. The molecule has 0 amide bonds. The molecule has 1 aliphatic heterocycles. The molecular formula is C29H33FN2O3. The van der Waals surface area contributed by atoms with Gasteiger partial charge in [0.05, 0.1) is 24.3 Å². The lowest BCUT2D eigenvalue weighted by Crippen LogP contribution is -2.39. The average Bonchev–Trinajstić information content (AvgIpc) is 3.20. The third-order valence-electron chi connectivity index (χ3n) is 6.41. The maximum Gasteiger partial charge on any atom is 0.166 e. The van der Waals surface area contributed by atoms with E-state index in [0.717, 1.165) is 30.8 Å². The SMILES string of the molecule is Cc1c(OCCCCN2C(c3ccc(F)cc3)=NC3C=CC=CC32)ccc(C(=O)CC(C)C)c1O. The summed E-state index contributed by atoms with van der Waals surface area (Å²) in [5.41, 5.74) is 1.86. The van der Waals surface area contributed by atoms with Crippen LogP contribution in [-0.2, 0) is 0 Å². The number of carbonyl (C=O) groups is 1. The summed E-state index contributed by atoms with van der Waals surface area (Å²) in [6.45, 7) is 7.04. The first-order valence-corrected chi connectivity index (χ1v) is 12.3. The normalized spacial score (nSPS) is 18.7. The highest BCUT2D eigenvalue weighted by Crippen LogP contribution is 2.32. The van der Waals surface area contributed by atoms with Gasteiger partial charge in [0, 0.05) is 24.1 Å². The molecule has 2 atom stereocenters. The number of rotatable bonds is 10. The number of Topliss-reactive ketones (excluding diaryl/α,β-unsaturated/α-hetero) is 1. The van der Waals surface area contributed by atoms with Crippen LogP contribution in [0.25, 0.3) is 0 Å². The molecule has 0 bridgehead atoms. The van der Waals surface area contributed by atoms with Crippen molar-refractivity contribution in [1.29, 1.82) is 0 Å². The van der Waals surface area contributed by atoms with E-state index < -0.39 is 0 Å². The van der Waals surface area contributed by atoms with Crippen LogP contribution < -0.4 is 4.74 Å². The van der Waals surface area contributed by atoms with Crippen molar-refractivity contribution in [2.75, 3.05) is 13.2 Å². The molecule has 0 saturated carbocycles. The second-order valence-corrected chi connectivity index (χ2v) is 9.57. The second kappa shape index (κ2) is 10.9. The second-order valence-electron chi connectivity index (χ2n) is 9.57. The number of hydrogen-bond acceptors (Lipinski definition) is 5. The number of unbranched alkanes of at least 4 members (excludes halogenated alkanes) is 1. The molecule has 0 spiro atoms. The Kier molecular flexibility index (Phi) is 7.69. The number of phenolic OH excluding ortho intramolecular Hbond substituents is 1. The number of nitrogens with zero attached hydrogens (tertiary/aromatic N) is 2. The summed E-state index contributed by atoms with van der Waals surface area (Å²) < 4.78 is 19.4. The number of aliphatic imine (C=N–C) groups is 1. The lowest BCUT2D eigenvalue weighted by Gasteiger charge is -2.29. The maximum atomic E-state index is 13.4. The molecule has 2 aromatic carbocycles. The molecule has 0 fully saturated rings. The summed E-state index contributed by atoms with van der Waals surface area (Å²) in [5.74, 6) is 1.41. The number of allylic oxidation sites excluding steroid dienone is 2. The summed E-state index contributed by atoms with van der Waals surface area (Å²) in [6, 6.07) is 10.1. The predicted molar refractivity (Wildman–Crippen MR) is 137 cm³/mol. The molecule has 0 radical (unpaired) electrons. The predicted octanol–water partition coefficient (Wildman–Crippen LogP) is 5.85. The van der Waals surface area contributed by atoms with Crippen LogP contribution in [0.4, 0.5) is 4.39 Å². The van der Waals surface area contributed by atoms with E-state index in [1.54, 1.807) is 31.2 Å². The van der Waals surface area contributed by atoms with E-state index >= 15 is 0 Å². The maximum absolute atomic E-state index is 13.4. The summed E-state index contributed by atoms with van der Waals surface area (Å²) in [5, 5.41) is 10.5. The Hall–Kier alpha value is -3.41. The third kappa shape index (κ3) is 5.64. The molecule has 1 N–H and O–H groups in total. The third-order valence-corrected chi connectivity index (χ3v) is 6.41. The molecule has 35 heavy (non-hydrogen) atoms. The number of phenols is 1. The van der Waals surface area contributed by atoms with Crippen LogP contribution in [0.1, 0.15) is 54.6 Å². The van der Waals surface area contributed by atoms with E-state index in [2.05, 4.69) is 17.1 Å². The van der Waals surface area contributed by atoms with Gasteiger partial charge >= 0.3 is 0 Å². The van der Waals surface area contributed by atoms with E-state index in [-0.39, 0.29) is 35.4 Å². The van der Waals surface area contributed by atoms with Crippen molar-refractivity contribution < 1.29 is 19.0 Å². The summed E-state index contributed by atoms with van der Waals surface area (Å²) in [4.78, 5) is 19.5. The number of ketones is 1. The van der Waals surface area contributed by atoms with Crippen molar-refractivity contribution in [2.24, 2.45) is 10.9 Å². The Morgan fingerprint density at radius 2 is 1.86 bits per heavy atom. The van der Waals surface area contributed by atoms with Gasteiger partial charge in [0.1, 0.15) is 23.2 Å². The number of benzene rings is 2. The van der Waals surface area contributed by atoms with Crippen molar-refractivity contribution in [1.82, 2.24) is 4.90 Å². The van der Waals surface area contributed by atoms with Crippen LogP contribution >= 0.6 is 0 Å². The molecule has 1 heterocycles. The smallest absolute Gasteiger partial charge is 0.166 e. The van der Waals surface area contributed by atoms with Gasteiger partial charge in [0.15, 0.2) is 5.78 Å². The molecule has 184 valence electrons. The zero-order valence-electron chi connectivity index (χ0n) is 20.6. The summed E-state index contributed by atoms with van der Waals surface area (Å²) >= 11 is 0. The van der Waals surface area contributed by atoms with Crippen molar-refractivity contribution in [3.63, 3.8) is 0 Å². The van der Waals surface area contributed by atoms with Gasteiger partial charge in [-0.25, -0.2) is 4.39 Å². The first-order chi connectivity index (χ1) is 16.8. The molecule has 1 aliphatic carbocycles. The van der Waals surface area contributed by atoms with Crippen molar-refractivity contribution in [3.05, 3.63) is 83.2 Å². The van der Waals surface area contributed by atoms with Crippen LogP contribution in [-0.4, -0.2) is 46.9 Å². The van der Waals surface area contributed by atoms with Gasteiger partial charge in [-0.1, -0.05) is 38.2 Å². The minimum atomic E-state index is -0.257. The standard InChI is InChI=1S/C29H33FN2O3/c1-19(2)18-26(33)23-14-15-27(20(3)28(23)34)35-17-7-6-16-32-25-9-5-4-8-24(25)31-29(32)21-10-12-22(30)13-11-21/h4-5,8-15,19,24-25,34H,6-7,16-18H2,1-3H3. The monoisotopic (exact) mass is 476 g/mol. The van der Waals surface area contributed by atoms with E-state index in [1.165, 1.54) is 12.1 Å². The quantitative estimate of drug-likeness (QED) is 0.345. The van der Waals surface area contributed by atoms with Gasteiger partial charge < -0.3 is 14.7 Å². The topological polar surface area (TPSA) is 62.1 Å². The van der Waals surface area contributed by atoms with E-state index in [1.807, 2.05) is 26.0 Å². The van der Waals surface area contributed by atoms with Gasteiger partial charge in [0.25, 0.3) is 0 Å². The van der Waals surface area contributed by atoms with Gasteiger partial charge in [0.2, 0.25) is 0 Å².